The summed E-state index contributed by atoms with van der Waals surface area (Å²) in [7, 11) is 0. The lowest BCUT2D eigenvalue weighted by Gasteiger charge is -2.09. The molecule has 1 rings (SSSR count). The van der Waals surface area contributed by atoms with Crippen LogP contribution in [-0.4, -0.2) is 11.7 Å². The Morgan fingerprint density at radius 2 is 1.93 bits per heavy atom. The Kier molecular flexibility index (Phi) is 3.32. The Morgan fingerprint density at radius 3 is 2.47 bits per heavy atom. The number of aliphatic hydroxyl groups excluding tert-OH is 1. The molecule has 1 aromatic rings. The quantitative estimate of drug-likeness (QED) is 0.522. The van der Waals surface area contributed by atoms with Crippen LogP contribution in [0.15, 0.2) is 18.2 Å². The Balaban J connectivity index is 3.33. The molecule has 5 heteroatoms. The first kappa shape index (κ1) is 11.5. The van der Waals surface area contributed by atoms with Gasteiger partial charge in [0.2, 0.25) is 0 Å². The minimum absolute atomic E-state index is 0.475. The first-order valence-corrected chi connectivity index (χ1v) is 3.92. The van der Waals surface area contributed by atoms with Gasteiger partial charge in [-0.05, 0) is 12.1 Å². The molecule has 0 atom stereocenters. The molecule has 0 aliphatic rings. The summed E-state index contributed by atoms with van der Waals surface area (Å²) in [5, 5.41) is 8.34. The molecule has 0 saturated heterocycles. The fourth-order valence-corrected chi connectivity index (χ4v) is 1.05. The van der Waals surface area contributed by atoms with Crippen molar-refractivity contribution in [2.75, 3.05) is 6.61 Å². The number of hydrogen-bond acceptors (Lipinski definition) is 1. The normalized spacial score (nSPS) is 10.7. The zero-order chi connectivity index (χ0) is 11.5. The van der Waals surface area contributed by atoms with Crippen molar-refractivity contribution in [1.29, 1.82) is 0 Å². The lowest BCUT2D eigenvalue weighted by molar-refractivity contribution is -0.140. The maximum Gasteiger partial charge on any atom is 0.420 e. The SMILES string of the molecule is OCC#Cc1cccc(F)c1C(F)(F)F. The lowest BCUT2D eigenvalue weighted by Crippen LogP contribution is -2.10. The Bertz CT molecular complexity index is 412. The maximum absolute atomic E-state index is 12.9. The number of halogens is 4. The minimum Gasteiger partial charge on any atom is -0.384 e. The van der Waals surface area contributed by atoms with Gasteiger partial charge in [0.05, 0.1) is 0 Å². The standard InChI is InChI=1S/C10H6F4O/c11-8-5-1-3-7(4-2-6-15)9(8)10(12,13)14/h1,3,5,15H,6H2. The highest BCUT2D eigenvalue weighted by Gasteiger charge is 2.36. The van der Waals surface area contributed by atoms with E-state index >= 15 is 0 Å². The first-order valence-electron chi connectivity index (χ1n) is 3.92. The van der Waals surface area contributed by atoms with Crippen LogP contribution in [0.3, 0.4) is 0 Å². The predicted octanol–water partition coefficient (Wildman–Crippen LogP) is 2.19. The van der Waals surface area contributed by atoms with Gasteiger partial charge in [0.1, 0.15) is 18.0 Å². The molecule has 0 fully saturated rings. The van der Waals surface area contributed by atoms with Gasteiger partial charge in [-0.15, -0.1) is 0 Å². The van der Waals surface area contributed by atoms with Gasteiger partial charge in [0.25, 0.3) is 0 Å². The summed E-state index contributed by atoms with van der Waals surface area (Å²) < 4.78 is 50.0. The molecule has 0 amide bonds. The number of rotatable bonds is 0. The van der Waals surface area contributed by atoms with E-state index in [4.69, 9.17) is 5.11 Å². The highest BCUT2D eigenvalue weighted by molar-refractivity contribution is 5.43. The van der Waals surface area contributed by atoms with Gasteiger partial charge < -0.3 is 5.11 Å². The van der Waals surface area contributed by atoms with E-state index < -0.39 is 29.7 Å². The molecule has 0 saturated carbocycles. The fourth-order valence-electron chi connectivity index (χ4n) is 1.05. The van der Waals surface area contributed by atoms with Crippen LogP contribution in [0.25, 0.3) is 0 Å². The second-order valence-corrected chi connectivity index (χ2v) is 2.62. The molecule has 0 bridgehead atoms. The van der Waals surface area contributed by atoms with E-state index in [9.17, 15) is 17.6 Å². The summed E-state index contributed by atoms with van der Waals surface area (Å²) in [6, 6.07) is 2.90. The largest absolute Gasteiger partial charge is 0.420 e. The van der Waals surface area contributed by atoms with Crippen LogP contribution in [0.4, 0.5) is 17.6 Å². The van der Waals surface area contributed by atoms with Gasteiger partial charge in [-0.3, -0.25) is 0 Å². The first-order chi connectivity index (χ1) is 6.96. The third kappa shape index (κ3) is 2.70. The molecule has 1 aromatic carbocycles. The molecule has 0 aromatic heterocycles. The van der Waals surface area contributed by atoms with Crippen LogP contribution >= 0.6 is 0 Å². The molecule has 0 radical (unpaired) electrons. The highest BCUT2D eigenvalue weighted by atomic mass is 19.4. The number of benzene rings is 1. The van der Waals surface area contributed by atoms with Crippen molar-refractivity contribution in [3.05, 3.63) is 35.1 Å². The summed E-state index contributed by atoms with van der Waals surface area (Å²) >= 11 is 0. The van der Waals surface area contributed by atoms with E-state index in [1.807, 2.05) is 5.92 Å². The predicted molar refractivity (Wildman–Crippen MR) is 45.4 cm³/mol. The van der Waals surface area contributed by atoms with Crippen molar-refractivity contribution in [2.45, 2.75) is 6.18 Å². The van der Waals surface area contributed by atoms with E-state index in [0.29, 0.717) is 6.07 Å². The topological polar surface area (TPSA) is 20.2 Å². The zero-order valence-corrected chi connectivity index (χ0v) is 7.40. The molecule has 0 spiro atoms. The van der Waals surface area contributed by atoms with Crippen LogP contribution in [0, 0.1) is 17.7 Å². The summed E-state index contributed by atoms with van der Waals surface area (Å²) in [4.78, 5) is 0. The molecule has 0 heterocycles. The van der Waals surface area contributed by atoms with Crippen molar-refractivity contribution in [1.82, 2.24) is 0 Å². The third-order valence-corrected chi connectivity index (χ3v) is 1.60. The summed E-state index contributed by atoms with van der Waals surface area (Å²) in [5.41, 5.74) is -1.87. The fraction of sp³-hybridized carbons (Fsp3) is 0.200. The summed E-state index contributed by atoms with van der Waals surface area (Å²) in [5.74, 6) is 2.73. The van der Waals surface area contributed by atoms with E-state index in [-0.39, 0.29) is 0 Å². The summed E-state index contributed by atoms with van der Waals surface area (Å²) in [6.07, 6.45) is -4.79. The summed E-state index contributed by atoms with van der Waals surface area (Å²) in [6.45, 7) is -0.576. The van der Waals surface area contributed by atoms with E-state index in [2.05, 4.69) is 5.92 Å². The molecular formula is C10H6F4O. The average molecular weight is 218 g/mol. The second-order valence-electron chi connectivity index (χ2n) is 2.62. The smallest absolute Gasteiger partial charge is 0.384 e. The van der Waals surface area contributed by atoms with Crippen LogP contribution in [0.5, 0.6) is 0 Å². The van der Waals surface area contributed by atoms with Crippen molar-refractivity contribution >= 4 is 0 Å². The number of hydrogen-bond donors (Lipinski definition) is 1. The minimum atomic E-state index is -4.79. The lowest BCUT2D eigenvalue weighted by atomic mass is 10.1. The van der Waals surface area contributed by atoms with Gasteiger partial charge in [-0.25, -0.2) is 4.39 Å². The Labute approximate surface area is 83.3 Å². The van der Waals surface area contributed by atoms with Crippen LogP contribution in [-0.2, 0) is 6.18 Å². The van der Waals surface area contributed by atoms with Crippen LogP contribution in [0.2, 0.25) is 0 Å². The van der Waals surface area contributed by atoms with Gasteiger partial charge >= 0.3 is 6.18 Å². The van der Waals surface area contributed by atoms with Crippen LogP contribution < -0.4 is 0 Å². The molecule has 80 valence electrons. The number of alkyl halides is 3. The van der Waals surface area contributed by atoms with Crippen molar-refractivity contribution < 1.29 is 22.7 Å². The van der Waals surface area contributed by atoms with Crippen molar-refractivity contribution in [3.63, 3.8) is 0 Å². The van der Waals surface area contributed by atoms with E-state index in [1.54, 1.807) is 0 Å². The van der Waals surface area contributed by atoms with Gasteiger partial charge in [-0.2, -0.15) is 13.2 Å². The molecule has 1 nitrogen and oxygen atoms in total. The molecule has 1 N–H and O–H groups in total. The van der Waals surface area contributed by atoms with Crippen molar-refractivity contribution in [2.24, 2.45) is 0 Å². The Morgan fingerprint density at radius 1 is 1.27 bits per heavy atom. The number of aliphatic hydroxyl groups is 1. The van der Waals surface area contributed by atoms with Crippen LogP contribution in [0.1, 0.15) is 11.1 Å². The van der Waals surface area contributed by atoms with E-state index in [0.717, 1.165) is 12.1 Å². The molecule has 15 heavy (non-hydrogen) atoms. The van der Waals surface area contributed by atoms with Gasteiger partial charge in [-0.1, -0.05) is 17.9 Å². The van der Waals surface area contributed by atoms with Gasteiger partial charge in [0, 0.05) is 5.56 Å². The molecule has 0 unspecified atom stereocenters. The molecule has 0 aliphatic carbocycles. The average Bonchev–Trinajstić information content (AvgIpc) is 2.12. The third-order valence-electron chi connectivity index (χ3n) is 1.60. The second kappa shape index (κ2) is 4.32. The zero-order valence-electron chi connectivity index (χ0n) is 7.40. The molecular weight excluding hydrogens is 212 g/mol. The van der Waals surface area contributed by atoms with Gasteiger partial charge in [0.15, 0.2) is 0 Å². The monoisotopic (exact) mass is 218 g/mol. The van der Waals surface area contributed by atoms with E-state index in [1.165, 1.54) is 0 Å². The maximum atomic E-state index is 12.9. The highest BCUT2D eigenvalue weighted by Crippen LogP contribution is 2.33. The molecule has 0 aliphatic heterocycles. The Hall–Kier alpha value is -1.54. The van der Waals surface area contributed by atoms with Crippen molar-refractivity contribution in [3.8, 4) is 11.8 Å².